The van der Waals surface area contributed by atoms with Crippen molar-refractivity contribution in [3.63, 3.8) is 0 Å². The van der Waals surface area contributed by atoms with Gasteiger partial charge in [-0.2, -0.15) is 11.8 Å². The average molecular weight is 348 g/mol. The van der Waals surface area contributed by atoms with Gasteiger partial charge >= 0.3 is 0 Å². The van der Waals surface area contributed by atoms with E-state index in [9.17, 15) is 17.6 Å². The van der Waals surface area contributed by atoms with E-state index in [0.717, 1.165) is 0 Å². The summed E-state index contributed by atoms with van der Waals surface area (Å²) >= 11 is 1.52. The first-order valence-corrected chi connectivity index (χ1v) is 9.89. The van der Waals surface area contributed by atoms with Gasteiger partial charge in [-0.1, -0.05) is 6.07 Å². The highest BCUT2D eigenvalue weighted by atomic mass is 32.2. The summed E-state index contributed by atoms with van der Waals surface area (Å²) in [5, 5.41) is 2.59. The molecule has 124 valence electrons. The Morgan fingerprint density at radius 2 is 2.09 bits per heavy atom. The molecule has 22 heavy (non-hydrogen) atoms. The number of hydrogen-bond acceptors (Lipinski definition) is 4. The largest absolute Gasteiger partial charge is 0.324 e. The van der Waals surface area contributed by atoms with Crippen LogP contribution in [0.5, 0.6) is 0 Å². The van der Waals surface area contributed by atoms with Gasteiger partial charge in [0.05, 0.1) is 5.75 Å². The summed E-state index contributed by atoms with van der Waals surface area (Å²) in [6, 6.07) is 3.20. The molecule has 0 radical (unpaired) electrons. The van der Waals surface area contributed by atoms with Crippen molar-refractivity contribution in [3.05, 3.63) is 29.6 Å². The van der Waals surface area contributed by atoms with Gasteiger partial charge in [0.25, 0.3) is 0 Å². The maximum Gasteiger partial charge on any atom is 0.242 e. The molecule has 0 heterocycles. The Kier molecular flexibility index (Phi) is 7.31. The molecule has 0 saturated heterocycles. The predicted octanol–water partition coefficient (Wildman–Crippen LogP) is 2.13. The Bertz CT molecular complexity index is 621. The van der Waals surface area contributed by atoms with E-state index < -0.39 is 27.8 Å². The summed E-state index contributed by atoms with van der Waals surface area (Å²) in [7, 11) is -3.50. The van der Waals surface area contributed by atoms with Crippen LogP contribution in [0.3, 0.4) is 0 Å². The van der Waals surface area contributed by atoms with Gasteiger partial charge < -0.3 is 5.32 Å². The van der Waals surface area contributed by atoms with Gasteiger partial charge in [-0.3, -0.25) is 4.79 Å². The van der Waals surface area contributed by atoms with Crippen LogP contribution in [0.4, 0.5) is 10.1 Å². The van der Waals surface area contributed by atoms with Gasteiger partial charge in [0.1, 0.15) is 11.9 Å². The number of aryl methyl sites for hydroxylation is 1. The van der Waals surface area contributed by atoms with Gasteiger partial charge in [-0.05, 0) is 50.0 Å². The van der Waals surface area contributed by atoms with Crippen LogP contribution in [0.15, 0.2) is 18.2 Å². The highest BCUT2D eigenvalue weighted by Gasteiger charge is 2.23. The van der Waals surface area contributed by atoms with Crippen molar-refractivity contribution in [2.75, 3.05) is 23.1 Å². The number of benzene rings is 1. The van der Waals surface area contributed by atoms with E-state index in [1.807, 2.05) is 6.26 Å². The molecule has 8 heteroatoms. The molecule has 1 rings (SSSR count). The third kappa shape index (κ3) is 5.94. The summed E-state index contributed by atoms with van der Waals surface area (Å²) in [4.78, 5) is 12.3. The Morgan fingerprint density at radius 1 is 1.41 bits per heavy atom. The fourth-order valence-corrected chi connectivity index (χ4v) is 3.02. The van der Waals surface area contributed by atoms with Crippen molar-refractivity contribution in [2.45, 2.75) is 26.3 Å². The molecule has 1 aromatic rings. The first-order chi connectivity index (χ1) is 10.3. The Balaban J connectivity index is 2.89. The molecule has 0 saturated carbocycles. The molecule has 1 atom stereocenters. The van der Waals surface area contributed by atoms with Crippen LogP contribution in [-0.2, 0) is 14.8 Å². The average Bonchev–Trinajstić information content (AvgIpc) is 2.47. The van der Waals surface area contributed by atoms with Crippen LogP contribution >= 0.6 is 11.8 Å². The maximum absolute atomic E-state index is 13.3. The van der Waals surface area contributed by atoms with Crippen molar-refractivity contribution >= 4 is 33.4 Å². The highest BCUT2D eigenvalue weighted by molar-refractivity contribution is 7.98. The van der Waals surface area contributed by atoms with Crippen LogP contribution in [0.25, 0.3) is 0 Å². The van der Waals surface area contributed by atoms with Gasteiger partial charge in [-0.25, -0.2) is 17.5 Å². The van der Waals surface area contributed by atoms with Gasteiger partial charge in [-0.15, -0.1) is 0 Å². The molecule has 0 spiro atoms. The van der Waals surface area contributed by atoms with E-state index >= 15 is 0 Å². The van der Waals surface area contributed by atoms with Crippen molar-refractivity contribution < 1.29 is 17.6 Å². The lowest BCUT2D eigenvalue weighted by atomic mass is 10.1. The van der Waals surface area contributed by atoms with Crippen molar-refractivity contribution in [2.24, 2.45) is 0 Å². The second-order valence-corrected chi connectivity index (χ2v) is 7.83. The van der Waals surface area contributed by atoms with Crippen LogP contribution in [-0.4, -0.2) is 38.1 Å². The normalized spacial score (nSPS) is 12.9. The van der Waals surface area contributed by atoms with E-state index in [2.05, 4.69) is 10.0 Å². The first-order valence-electron chi connectivity index (χ1n) is 6.85. The van der Waals surface area contributed by atoms with E-state index in [1.165, 1.54) is 30.8 Å². The molecule has 1 aromatic carbocycles. The lowest BCUT2D eigenvalue weighted by molar-refractivity contribution is -0.117. The zero-order valence-corrected chi connectivity index (χ0v) is 14.5. The minimum absolute atomic E-state index is 0.102. The molecule has 2 N–H and O–H groups in total. The summed E-state index contributed by atoms with van der Waals surface area (Å²) in [5.41, 5.74) is 1.05. The highest BCUT2D eigenvalue weighted by Crippen LogP contribution is 2.17. The second-order valence-electron chi connectivity index (χ2n) is 4.80. The van der Waals surface area contributed by atoms with Crippen molar-refractivity contribution in [1.82, 2.24) is 4.72 Å². The van der Waals surface area contributed by atoms with E-state index in [-0.39, 0.29) is 5.75 Å². The smallest absolute Gasteiger partial charge is 0.242 e. The van der Waals surface area contributed by atoms with Crippen LogP contribution in [0.1, 0.15) is 18.9 Å². The summed E-state index contributed by atoms with van der Waals surface area (Å²) < 4.78 is 39.0. The monoisotopic (exact) mass is 348 g/mol. The van der Waals surface area contributed by atoms with Gasteiger partial charge in [0.2, 0.25) is 15.9 Å². The third-order valence-corrected chi connectivity index (χ3v) is 5.13. The standard InChI is InChI=1S/C14H21FN2O3S2/c1-4-22(19,20)17-12(7-8-21-3)14(18)16-13-9-11(15)6-5-10(13)2/h5-6,9,12,17H,4,7-8H2,1-3H3,(H,16,18)/t12-/m1/s1. The van der Waals surface area contributed by atoms with Crippen LogP contribution in [0, 0.1) is 12.7 Å². The van der Waals surface area contributed by atoms with E-state index in [1.54, 1.807) is 13.0 Å². The SMILES string of the molecule is CCS(=O)(=O)N[C@H](CCSC)C(=O)Nc1cc(F)ccc1C. The number of anilines is 1. The number of amides is 1. The molecule has 0 aliphatic heterocycles. The summed E-state index contributed by atoms with van der Waals surface area (Å²) in [6.45, 7) is 3.24. The van der Waals surface area contributed by atoms with E-state index in [4.69, 9.17) is 0 Å². The number of nitrogens with one attached hydrogen (secondary N) is 2. The Morgan fingerprint density at radius 3 is 2.68 bits per heavy atom. The third-order valence-electron chi connectivity index (χ3n) is 3.09. The molecule has 0 fully saturated rings. The molecule has 0 unspecified atom stereocenters. The molecule has 0 bridgehead atoms. The molecule has 0 aliphatic rings. The minimum Gasteiger partial charge on any atom is -0.324 e. The van der Waals surface area contributed by atoms with E-state index in [0.29, 0.717) is 23.4 Å². The number of rotatable bonds is 8. The second kappa shape index (κ2) is 8.50. The number of carbonyl (C=O) groups excluding carboxylic acids is 1. The molecule has 1 amide bonds. The summed E-state index contributed by atoms with van der Waals surface area (Å²) in [5.74, 6) is -0.419. The molecule has 5 nitrogen and oxygen atoms in total. The van der Waals surface area contributed by atoms with Crippen LogP contribution < -0.4 is 10.0 Å². The minimum atomic E-state index is -3.50. The quantitative estimate of drug-likeness (QED) is 0.755. The molecular weight excluding hydrogens is 327 g/mol. The number of thioether (sulfide) groups is 1. The van der Waals surface area contributed by atoms with Gasteiger partial charge in [0.15, 0.2) is 0 Å². The number of carbonyl (C=O) groups is 1. The lowest BCUT2D eigenvalue weighted by Gasteiger charge is -2.18. The number of sulfonamides is 1. The zero-order valence-electron chi connectivity index (χ0n) is 12.8. The number of halogens is 1. The molecular formula is C14H21FN2O3S2. The lowest BCUT2D eigenvalue weighted by Crippen LogP contribution is -2.44. The zero-order chi connectivity index (χ0) is 16.8. The fourth-order valence-electron chi connectivity index (χ4n) is 1.73. The summed E-state index contributed by atoms with van der Waals surface area (Å²) in [6.07, 6.45) is 2.24. The maximum atomic E-state index is 13.3. The Labute approximate surface area is 135 Å². The fraction of sp³-hybridized carbons (Fsp3) is 0.500. The topological polar surface area (TPSA) is 75.3 Å². The van der Waals surface area contributed by atoms with Crippen molar-refractivity contribution in [1.29, 1.82) is 0 Å². The van der Waals surface area contributed by atoms with Gasteiger partial charge in [0, 0.05) is 5.69 Å². The Hall–Kier alpha value is -1.12. The van der Waals surface area contributed by atoms with Crippen LogP contribution in [0.2, 0.25) is 0 Å². The molecule has 0 aromatic heterocycles. The first kappa shape index (κ1) is 18.9. The van der Waals surface area contributed by atoms with Crippen molar-refractivity contribution in [3.8, 4) is 0 Å². The number of hydrogen-bond donors (Lipinski definition) is 2. The predicted molar refractivity (Wildman–Crippen MR) is 89.2 cm³/mol. The molecule has 0 aliphatic carbocycles.